The Hall–Kier alpha value is -2.14. The average Bonchev–Trinajstić information content (AvgIpc) is 2.98. The fourth-order valence-corrected chi connectivity index (χ4v) is 2.01. The van der Waals surface area contributed by atoms with Crippen LogP contribution in [0.1, 0.15) is 23.6 Å². The second-order valence-electron chi connectivity index (χ2n) is 4.68. The third-order valence-corrected chi connectivity index (χ3v) is 3.22. The second kappa shape index (κ2) is 6.86. The van der Waals surface area contributed by atoms with E-state index in [0.717, 1.165) is 11.1 Å². The van der Waals surface area contributed by atoms with Gasteiger partial charge in [-0.3, -0.25) is 4.79 Å². The van der Waals surface area contributed by atoms with E-state index in [2.05, 4.69) is 9.72 Å². The topological polar surface area (TPSA) is 70.1 Å². The lowest BCUT2D eigenvalue weighted by Crippen LogP contribution is -2.16. The molecule has 0 fully saturated rings. The SMILES string of the molecule is COC(=O)CCc1ccc(C(N)Cn2ccnc2)cc1. The summed E-state index contributed by atoms with van der Waals surface area (Å²) >= 11 is 0. The number of aromatic nitrogens is 2. The van der Waals surface area contributed by atoms with Gasteiger partial charge in [-0.05, 0) is 17.5 Å². The van der Waals surface area contributed by atoms with Crippen LogP contribution in [0.5, 0.6) is 0 Å². The van der Waals surface area contributed by atoms with Crippen molar-refractivity contribution in [1.82, 2.24) is 9.55 Å². The average molecular weight is 273 g/mol. The molecule has 0 spiro atoms. The third kappa shape index (κ3) is 3.93. The third-order valence-electron chi connectivity index (χ3n) is 3.22. The molecule has 2 aromatic rings. The van der Waals surface area contributed by atoms with Crippen molar-refractivity contribution in [2.45, 2.75) is 25.4 Å². The van der Waals surface area contributed by atoms with Gasteiger partial charge >= 0.3 is 5.97 Å². The van der Waals surface area contributed by atoms with E-state index in [1.54, 1.807) is 12.5 Å². The molecule has 0 aliphatic rings. The van der Waals surface area contributed by atoms with E-state index >= 15 is 0 Å². The first-order chi connectivity index (χ1) is 9.69. The lowest BCUT2D eigenvalue weighted by molar-refractivity contribution is -0.140. The first-order valence-electron chi connectivity index (χ1n) is 6.56. The van der Waals surface area contributed by atoms with Crippen LogP contribution in [-0.2, 0) is 22.5 Å². The summed E-state index contributed by atoms with van der Waals surface area (Å²) in [7, 11) is 1.40. The standard InChI is InChI=1S/C15H19N3O2/c1-20-15(19)7-4-12-2-5-13(6-3-12)14(16)10-18-9-8-17-11-18/h2-3,5-6,8-9,11,14H,4,7,10,16H2,1H3. The van der Waals surface area contributed by atoms with Crippen LogP contribution in [-0.4, -0.2) is 22.6 Å². The molecule has 5 nitrogen and oxygen atoms in total. The Labute approximate surface area is 118 Å². The van der Waals surface area contributed by atoms with Gasteiger partial charge in [0.2, 0.25) is 0 Å². The van der Waals surface area contributed by atoms with Gasteiger partial charge in [0.25, 0.3) is 0 Å². The van der Waals surface area contributed by atoms with Gasteiger partial charge in [0, 0.05) is 31.4 Å². The minimum atomic E-state index is -0.189. The molecule has 0 saturated heterocycles. The van der Waals surface area contributed by atoms with E-state index in [1.165, 1.54) is 7.11 Å². The number of methoxy groups -OCH3 is 1. The molecule has 1 aromatic carbocycles. The number of ether oxygens (including phenoxy) is 1. The van der Waals surface area contributed by atoms with Crippen molar-refractivity contribution in [3.05, 3.63) is 54.1 Å². The van der Waals surface area contributed by atoms with Crippen LogP contribution in [0.25, 0.3) is 0 Å². The zero-order valence-corrected chi connectivity index (χ0v) is 11.5. The van der Waals surface area contributed by atoms with Crippen molar-refractivity contribution in [2.75, 3.05) is 7.11 Å². The van der Waals surface area contributed by atoms with Crippen molar-refractivity contribution in [1.29, 1.82) is 0 Å². The van der Waals surface area contributed by atoms with Gasteiger partial charge in [-0.2, -0.15) is 0 Å². The van der Waals surface area contributed by atoms with E-state index < -0.39 is 0 Å². The lowest BCUT2D eigenvalue weighted by atomic mass is 10.0. The van der Waals surface area contributed by atoms with Crippen molar-refractivity contribution in [3.63, 3.8) is 0 Å². The van der Waals surface area contributed by atoms with Gasteiger partial charge in [0.15, 0.2) is 0 Å². The van der Waals surface area contributed by atoms with Crippen molar-refractivity contribution in [2.24, 2.45) is 5.73 Å². The number of nitrogens with zero attached hydrogens (tertiary/aromatic N) is 2. The van der Waals surface area contributed by atoms with Crippen LogP contribution in [0.4, 0.5) is 0 Å². The molecule has 0 aliphatic heterocycles. The van der Waals surface area contributed by atoms with E-state index in [1.807, 2.05) is 35.0 Å². The Balaban J connectivity index is 1.92. The number of rotatable bonds is 6. The predicted molar refractivity (Wildman–Crippen MR) is 75.9 cm³/mol. The van der Waals surface area contributed by atoms with E-state index in [4.69, 9.17) is 5.73 Å². The number of aryl methyl sites for hydroxylation is 1. The summed E-state index contributed by atoms with van der Waals surface area (Å²) in [4.78, 5) is 15.1. The summed E-state index contributed by atoms with van der Waals surface area (Å²) in [5, 5.41) is 0. The highest BCUT2D eigenvalue weighted by Crippen LogP contribution is 2.14. The molecule has 1 heterocycles. The molecule has 106 valence electrons. The maximum atomic E-state index is 11.1. The molecule has 20 heavy (non-hydrogen) atoms. The number of imidazole rings is 1. The number of benzene rings is 1. The Morgan fingerprint density at radius 3 is 2.75 bits per heavy atom. The normalized spacial score (nSPS) is 12.1. The fourth-order valence-electron chi connectivity index (χ4n) is 2.01. The van der Waals surface area contributed by atoms with Crippen LogP contribution < -0.4 is 5.73 Å². The Morgan fingerprint density at radius 2 is 2.15 bits per heavy atom. The van der Waals surface area contributed by atoms with Gasteiger partial charge in [0.1, 0.15) is 0 Å². The summed E-state index contributed by atoms with van der Waals surface area (Å²) in [5.74, 6) is -0.189. The number of hydrogen-bond acceptors (Lipinski definition) is 4. The molecule has 0 amide bonds. The molecular formula is C15H19N3O2. The monoisotopic (exact) mass is 273 g/mol. The van der Waals surface area contributed by atoms with E-state index in [9.17, 15) is 4.79 Å². The van der Waals surface area contributed by atoms with Crippen LogP contribution in [0.3, 0.4) is 0 Å². The van der Waals surface area contributed by atoms with Crippen LogP contribution in [0.15, 0.2) is 43.0 Å². The highest BCUT2D eigenvalue weighted by Gasteiger charge is 2.07. The number of nitrogens with two attached hydrogens (primary N) is 1. The van der Waals surface area contributed by atoms with Crippen molar-refractivity contribution >= 4 is 5.97 Å². The Kier molecular flexibility index (Phi) is 4.90. The minimum absolute atomic E-state index is 0.0705. The number of carbonyl (C=O) groups is 1. The summed E-state index contributed by atoms with van der Waals surface area (Å²) in [6, 6.07) is 7.96. The first kappa shape index (κ1) is 14.3. The summed E-state index contributed by atoms with van der Waals surface area (Å²) in [6.07, 6.45) is 6.47. The van der Waals surface area contributed by atoms with Crippen LogP contribution >= 0.6 is 0 Å². The second-order valence-corrected chi connectivity index (χ2v) is 4.68. The van der Waals surface area contributed by atoms with Gasteiger partial charge in [-0.25, -0.2) is 4.98 Å². The zero-order valence-electron chi connectivity index (χ0n) is 11.5. The smallest absolute Gasteiger partial charge is 0.305 e. The molecule has 2 rings (SSSR count). The number of hydrogen-bond donors (Lipinski definition) is 1. The maximum absolute atomic E-state index is 11.1. The van der Waals surface area contributed by atoms with Gasteiger partial charge in [0.05, 0.1) is 13.4 Å². The molecule has 0 aliphatic carbocycles. The Morgan fingerprint density at radius 1 is 1.40 bits per heavy atom. The largest absolute Gasteiger partial charge is 0.469 e. The van der Waals surface area contributed by atoms with Crippen molar-refractivity contribution in [3.8, 4) is 0 Å². The van der Waals surface area contributed by atoms with Crippen LogP contribution in [0, 0.1) is 0 Å². The van der Waals surface area contributed by atoms with Gasteiger partial charge < -0.3 is 15.0 Å². The van der Waals surface area contributed by atoms with Crippen molar-refractivity contribution < 1.29 is 9.53 Å². The van der Waals surface area contributed by atoms with Crippen LogP contribution in [0.2, 0.25) is 0 Å². The number of carbonyl (C=O) groups excluding carboxylic acids is 1. The molecule has 1 unspecified atom stereocenters. The zero-order chi connectivity index (χ0) is 14.4. The molecule has 1 atom stereocenters. The molecule has 2 N–H and O–H groups in total. The minimum Gasteiger partial charge on any atom is -0.469 e. The molecule has 0 bridgehead atoms. The molecule has 0 radical (unpaired) electrons. The van der Waals surface area contributed by atoms with Gasteiger partial charge in [-0.1, -0.05) is 24.3 Å². The summed E-state index contributed by atoms with van der Waals surface area (Å²) in [5.41, 5.74) is 8.33. The fraction of sp³-hybridized carbons (Fsp3) is 0.333. The molecule has 1 aromatic heterocycles. The molecule has 0 saturated carbocycles. The highest BCUT2D eigenvalue weighted by molar-refractivity contribution is 5.69. The maximum Gasteiger partial charge on any atom is 0.305 e. The molecule has 5 heteroatoms. The summed E-state index contributed by atoms with van der Waals surface area (Å²) in [6.45, 7) is 0.696. The van der Waals surface area contributed by atoms with E-state index in [-0.39, 0.29) is 12.0 Å². The summed E-state index contributed by atoms with van der Waals surface area (Å²) < 4.78 is 6.58. The number of esters is 1. The first-order valence-corrected chi connectivity index (χ1v) is 6.56. The lowest BCUT2D eigenvalue weighted by Gasteiger charge is -2.13. The quantitative estimate of drug-likeness (QED) is 0.813. The Bertz CT molecular complexity index is 535. The molecular weight excluding hydrogens is 254 g/mol. The highest BCUT2D eigenvalue weighted by atomic mass is 16.5. The van der Waals surface area contributed by atoms with Gasteiger partial charge in [-0.15, -0.1) is 0 Å². The predicted octanol–water partition coefficient (Wildman–Crippen LogP) is 1.69. The van der Waals surface area contributed by atoms with E-state index in [0.29, 0.717) is 19.4 Å².